The Morgan fingerprint density at radius 1 is 1.28 bits per heavy atom. The summed E-state index contributed by atoms with van der Waals surface area (Å²) < 4.78 is 39.1. The van der Waals surface area contributed by atoms with Crippen LogP contribution in [0.2, 0.25) is 5.02 Å². The SMILES string of the molecule is O=S(=O)(Nc1cccc(F)c1)c1cnccc1Cl. The fourth-order valence-electron chi connectivity index (χ4n) is 1.32. The molecule has 7 heteroatoms. The van der Waals surface area contributed by atoms with Crippen molar-refractivity contribution in [1.82, 2.24) is 4.98 Å². The molecule has 0 saturated carbocycles. The Labute approximate surface area is 108 Å². The highest BCUT2D eigenvalue weighted by Gasteiger charge is 2.18. The van der Waals surface area contributed by atoms with Crippen molar-refractivity contribution in [2.24, 2.45) is 0 Å². The van der Waals surface area contributed by atoms with Crippen LogP contribution in [0.3, 0.4) is 0 Å². The third-order valence-corrected chi connectivity index (χ3v) is 3.95. The van der Waals surface area contributed by atoms with Crippen LogP contribution in [0.5, 0.6) is 0 Å². The van der Waals surface area contributed by atoms with E-state index in [1.54, 1.807) is 0 Å². The van der Waals surface area contributed by atoms with Crippen molar-refractivity contribution in [1.29, 1.82) is 0 Å². The van der Waals surface area contributed by atoms with Crippen LogP contribution in [0.15, 0.2) is 47.6 Å². The molecule has 94 valence electrons. The number of anilines is 1. The average Bonchev–Trinajstić information content (AvgIpc) is 2.28. The second-order valence-corrected chi connectivity index (χ2v) is 5.48. The van der Waals surface area contributed by atoms with Gasteiger partial charge in [0.1, 0.15) is 10.7 Å². The summed E-state index contributed by atoms with van der Waals surface area (Å²) >= 11 is 5.77. The summed E-state index contributed by atoms with van der Waals surface area (Å²) in [5.41, 5.74) is 0.120. The molecule has 0 aliphatic carbocycles. The van der Waals surface area contributed by atoms with Crippen LogP contribution in [0.1, 0.15) is 0 Å². The van der Waals surface area contributed by atoms with E-state index in [2.05, 4.69) is 9.71 Å². The second kappa shape index (κ2) is 4.91. The van der Waals surface area contributed by atoms with Crippen molar-refractivity contribution in [3.63, 3.8) is 0 Å². The summed E-state index contributed by atoms with van der Waals surface area (Å²) in [4.78, 5) is 3.54. The quantitative estimate of drug-likeness (QED) is 0.944. The predicted octanol–water partition coefficient (Wildman–Crippen LogP) is 2.67. The molecule has 2 aromatic rings. The van der Waals surface area contributed by atoms with Crippen LogP contribution < -0.4 is 4.72 Å². The lowest BCUT2D eigenvalue weighted by atomic mass is 10.3. The molecule has 0 spiro atoms. The largest absolute Gasteiger partial charge is 0.279 e. The highest BCUT2D eigenvalue weighted by molar-refractivity contribution is 7.92. The normalized spacial score (nSPS) is 11.2. The number of halogens is 2. The molecular weight excluding hydrogens is 279 g/mol. The predicted molar refractivity (Wildman–Crippen MR) is 66.5 cm³/mol. The molecular formula is C11H8ClFN2O2S. The zero-order valence-electron chi connectivity index (χ0n) is 8.97. The van der Waals surface area contributed by atoms with E-state index in [0.717, 1.165) is 12.3 Å². The highest BCUT2D eigenvalue weighted by atomic mass is 35.5. The molecule has 0 fully saturated rings. The molecule has 18 heavy (non-hydrogen) atoms. The van der Waals surface area contributed by atoms with E-state index in [0.29, 0.717) is 0 Å². The van der Waals surface area contributed by atoms with Crippen LogP contribution in [0, 0.1) is 5.82 Å². The monoisotopic (exact) mass is 286 g/mol. The Balaban J connectivity index is 2.37. The standard InChI is InChI=1S/C11H8ClFN2O2S/c12-10-4-5-14-7-11(10)18(16,17)15-9-3-1-2-8(13)6-9/h1-7,15H. The first kappa shape index (κ1) is 12.8. The Hall–Kier alpha value is -1.66. The molecule has 1 N–H and O–H groups in total. The van der Waals surface area contributed by atoms with Gasteiger partial charge in [-0.15, -0.1) is 0 Å². The maximum absolute atomic E-state index is 13.0. The van der Waals surface area contributed by atoms with Crippen LogP contribution >= 0.6 is 11.6 Å². The first-order valence-electron chi connectivity index (χ1n) is 4.87. The smallest absolute Gasteiger partial charge is 0.264 e. The Morgan fingerprint density at radius 3 is 2.72 bits per heavy atom. The van der Waals surface area contributed by atoms with E-state index in [1.165, 1.54) is 30.5 Å². The van der Waals surface area contributed by atoms with Gasteiger partial charge in [-0.3, -0.25) is 9.71 Å². The first-order valence-corrected chi connectivity index (χ1v) is 6.73. The molecule has 0 atom stereocenters. The van der Waals surface area contributed by atoms with Gasteiger partial charge in [0.15, 0.2) is 0 Å². The lowest BCUT2D eigenvalue weighted by Crippen LogP contribution is -2.13. The summed E-state index contributed by atoms with van der Waals surface area (Å²) in [7, 11) is -3.87. The molecule has 0 aliphatic heterocycles. The van der Waals surface area contributed by atoms with Crippen molar-refractivity contribution in [3.05, 3.63) is 53.6 Å². The zero-order valence-corrected chi connectivity index (χ0v) is 10.5. The van der Waals surface area contributed by atoms with Crippen LogP contribution in [0.25, 0.3) is 0 Å². The Bertz CT molecular complexity index is 676. The number of rotatable bonds is 3. The molecule has 0 bridgehead atoms. The zero-order chi connectivity index (χ0) is 13.2. The van der Waals surface area contributed by atoms with Crippen LogP contribution in [0.4, 0.5) is 10.1 Å². The third-order valence-electron chi connectivity index (χ3n) is 2.10. The molecule has 1 aromatic carbocycles. The van der Waals surface area contributed by atoms with E-state index < -0.39 is 15.8 Å². The van der Waals surface area contributed by atoms with Crippen LogP contribution in [-0.2, 0) is 10.0 Å². The van der Waals surface area contributed by atoms with Crippen molar-refractivity contribution in [2.45, 2.75) is 4.90 Å². The number of pyridine rings is 1. The third kappa shape index (κ3) is 2.77. The topological polar surface area (TPSA) is 59.1 Å². The summed E-state index contributed by atoms with van der Waals surface area (Å²) in [5, 5.41) is 0.0499. The number of hydrogen-bond donors (Lipinski definition) is 1. The van der Waals surface area contributed by atoms with Gasteiger partial charge in [-0.25, -0.2) is 12.8 Å². The summed E-state index contributed by atoms with van der Waals surface area (Å²) in [6, 6.07) is 6.49. The van der Waals surface area contributed by atoms with Gasteiger partial charge in [-0.2, -0.15) is 0 Å². The van der Waals surface area contributed by atoms with E-state index >= 15 is 0 Å². The van der Waals surface area contributed by atoms with Gasteiger partial charge in [0.25, 0.3) is 10.0 Å². The van der Waals surface area contributed by atoms with Gasteiger partial charge in [0.2, 0.25) is 0 Å². The van der Waals surface area contributed by atoms with Gasteiger partial charge in [-0.1, -0.05) is 17.7 Å². The fourth-order valence-corrected chi connectivity index (χ4v) is 2.80. The van der Waals surface area contributed by atoms with Crippen molar-refractivity contribution in [2.75, 3.05) is 4.72 Å². The summed E-state index contributed by atoms with van der Waals surface area (Å²) in [6.45, 7) is 0. The Kier molecular flexibility index (Phi) is 3.49. The van der Waals surface area contributed by atoms with Gasteiger partial charge < -0.3 is 0 Å². The van der Waals surface area contributed by atoms with Crippen LogP contribution in [-0.4, -0.2) is 13.4 Å². The van der Waals surface area contributed by atoms with E-state index in [9.17, 15) is 12.8 Å². The number of benzene rings is 1. The lowest BCUT2D eigenvalue weighted by molar-refractivity contribution is 0.600. The molecule has 0 unspecified atom stereocenters. The Morgan fingerprint density at radius 2 is 2.06 bits per heavy atom. The molecule has 0 aliphatic rings. The molecule has 1 aromatic heterocycles. The minimum Gasteiger partial charge on any atom is -0.279 e. The number of nitrogens with zero attached hydrogens (tertiary/aromatic N) is 1. The van der Waals surface area contributed by atoms with Gasteiger partial charge >= 0.3 is 0 Å². The number of hydrogen-bond acceptors (Lipinski definition) is 3. The van der Waals surface area contributed by atoms with E-state index in [4.69, 9.17) is 11.6 Å². The number of aromatic nitrogens is 1. The highest BCUT2D eigenvalue weighted by Crippen LogP contribution is 2.22. The van der Waals surface area contributed by atoms with E-state index in [-0.39, 0.29) is 15.6 Å². The molecule has 4 nitrogen and oxygen atoms in total. The van der Waals surface area contributed by atoms with Crippen molar-refractivity contribution in [3.8, 4) is 0 Å². The number of nitrogens with one attached hydrogen (secondary N) is 1. The van der Waals surface area contributed by atoms with E-state index in [1.807, 2.05) is 0 Å². The molecule has 0 saturated heterocycles. The summed E-state index contributed by atoms with van der Waals surface area (Å²) in [6.07, 6.45) is 2.51. The maximum Gasteiger partial charge on any atom is 0.264 e. The van der Waals surface area contributed by atoms with Gasteiger partial charge in [0.05, 0.1) is 10.7 Å². The second-order valence-electron chi connectivity index (χ2n) is 3.42. The van der Waals surface area contributed by atoms with Gasteiger partial charge in [-0.05, 0) is 24.3 Å². The number of sulfonamides is 1. The fraction of sp³-hybridized carbons (Fsp3) is 0. The lowest BCUT2D eigenvalue weighted by Gasteiger charge is -2.08. The van der Waals surface area contributed by atoms with Gasteiger partial charge in [0, 0.05) is 12.4 Å². The molecule has 2 rings (SSSR count). The van der Waals surface area contributed by atoms with Crippen molar-refractivity contribution < 1.29 is 12.8 Å². The minimum absolute atomic E-state index is 0.0499. The summed E-state index contributed by atoms with van der Waals surface area (Å²) in [5.74, 6) is -0.535. The minimum atomic E-state index is -3.87. The maximum atomic E-state index is 13.0. The van der Waals surface area contributed by atoms with Crippen molar-refractivity contribution >= 4 is 27.3 Å². The molecule has 1 heterocycles. The average molecular weight is 287 g/mol. The first-order chi connectivity index (χ1) is 8.49. The molecule has 0 amide bonds. The molecule has 0 radical (unpaired) electrons.